The van der Waals surface area contributed by atoms with Crippen LogP contribution in [0.3, 0.4) is 0 Å². The number of nitrogens with zero attached hydrogens (tertiary/aromatic N) is 1. The van der Waals surface area contributed by atoms with Gasteiger partial charge in [0.05, 0.1) is 0 Å². The molecule has 3 aromatic carbocycles. The first kappa shape index (κ1) is 20.8. The summed E-state index contributed by atoms with van der Waals surface area (Å²) in [7, 11) is 0. The van der Waals surface area contributed by atoms with Crippen LogP contribution in [0.1, 0.15) is 32.6 Å². The fourth-order valence-corrected chi connectivity index (χ4v) is 3.79. The van der Waals surface area contributed by atoms with E-state index >= 15 is 0 Å². The molecular weight excluding hydrogens is 406 g/mol. The van der Waals surface area contributed by atoms with Gasteiger partial charge in [-0.3, -0.25) is 10.1 Å². The van der Waals surface area contributed by atoms with Crippen molar-refractivity contribution in [3.63, 3.8) is 0 Å². The summed E-state index contributed by atoms with van der Waals surface area (Å²) < 4.78 is 5.94. The Kier molecular flexibility index (Phi) is 5.57. The van der Waals surface area contributed by atoms with Gasteiger partial charge in [-0.1, -0.05) is 35.4 Å². The summed E-state index contributed by atoms with van der Waals surface area (Å²) in [5.41, 5.74) is 8.00. The smallest absolute Gasteiger partial charge is 0.257 e. The van der Waals surface area contributed by atoms with Crippen molar-refractivity contribution in [1.29, 1.82) is 0 Å². The van der Waals surface area contributed by atoms with E-state index in [1.165, 1.54) is 5.56 Å². The molecule has 0 aliphatic heterocycles. The second-order valence-corrected chi connectivity index (χ2v) is 8.15. The van der Waals surface area contributed by atoms with Crippen LogP contribution in [0.4, 0.5) is 5.69 Å². The molecule has 0 spiro atoms. The minimum Gasteiger partial charge on any atom is -0.436 e. The second kappa shape index (κ2) is 8.32. The third kappa shape index (κ3) is 4.49. The summed E-state index contributed by atoms with van der Waals surface area (Å²) in [5.74, 6) is 0.338. The van der Waals surface area contributed by atoms with Crippen LogP contribution in [0, 0.1) is 27.7 Å². The molecule has 4 rings (SSSR count). The Morgan fingerprint density at radius 3 is 2.32 bits per heavy atom. The molecule has 1 amide bonds. The van der Waals surface area contributed by atoms with Gasteiger partial charge < -0.3 is 9.73 Å². The molecule has 0 saturated heterocycles. The normalized spacial score (nSPS) is 10.8. The van der Waals surface area contributed by atoms with Crippen molar-refractivity contribution in [2.75, 3.05) is 5.32 Å². The second-order valence-electron chi connectivity index (χ2n) is 7.75. The predicted octanol–water partition coefficient (Wildman–Crippen LogP) is 5.86. The quantitative estimate of drug-likeness (QED) is 0.400. The van der Waals surface area contributed by atoms with Crippen molar-refractivity contribution in [1.82, 2.24) is 10.3 Å². The maximum atomic E-state index is 12.5. The molecule has 0 fully saturated rings. The largest absolute Gasteiger partial charge is 0.436 e. The van der Waals surface area contributed by atoms with Crippen LogP contribution in [0.5, 0.6) is 0 Å². The van der Waals surface area contributed by atoms with Gasteiger partial charge in [0.2, 0.25) is 5.89 Å². The molecule has 5 nitrogen and oxygen atoms in total. The highest BCUT2D eigenvalue weighted by atomic mass is 32.1. The highest BCUT2D eigenvalue weighted by molar-refractivity contribution is 7.80. The van der Waals surface area contributed by atoms with Gasteiger partial charge in [0.15, 0.2) is 10.7 Å². The SMILES string of the molecule is Cc1ccc(C(=O)NC(=S)Nc2ccc3oc(-c4ccc(C)cc4C)nc3c2)c(C)c1. The van der Waals surface area contributed by atoms with Gasteiger partial charge >= 0.3 is 0 Å². The average molecular weight is 430 g/mol. The summed E-state index contributed by atoms with van der Waals surface area (Å²) in [4.78, 5) is 17.2. The fraction of sp³-hybridized carbons (Fsp3) is 0.160. The number of anilines is 1. The van der Waals surface area contributed by atoms with Crippen LogP contribution >= 0.6 is 12.2 Å². The Morgan fingerprint density at radius 2 is 1.61 bits per heavy atom. The monoisotopic (exact) mass is 429 g/mol. The van der Waals surface area contributed by atoms with Crippen LogP contribution in [0.2, 0.25) is 0 Å². The minimum absolute atomic E-state index is 0.224. The zero-order valence-electron chi connectivity index (χ0n) is 17.9. The van der Waals surface area contributed by atoms with Crippen molar-refractivity contribution in [2.24, 2.45) is 0 Å². The van der Waals surface area contributed by atoms with E-state index < -0.39 is 0 Å². The Bertz CT molecular complexity index is 1320. The van der Waals surface area contributed by atoms with E-state index in [-0.39, 0.29) is 11.0 Å². The molecule has 0 atom stereocenters. The number of nitrogens with one attached hydrogen (secondary N) is 2. The first-order chi connectivity index (χ1) is 14.8. The zero-order valence-corrected chi connectivity index (χ0v) is 18.7. The summed E-state index contributed by atoms with van der Waals surface area (Å²) in [5, 5.41) is 6.01. The number of amides is 1. The highest BCUT2D eigenvalue weighted by Crippen LogP contribution is 2.28. The summed E-state index contributed by atoms with van der Waals surface area (Å²) in [6.45, 7) is 8.00. The van der Waals surface area contributed by atoms with Crippen LogP contribution in [-0.4, -0.2) is 16.0 Å². The topological polar surface area (TPSA) is 67.2 Å². The molecule has 0 bridgehead atoms. The number of thiocarbonyl (C=S) groups is 1. The van der Waals surface area contributed by atoms with E-state index in [4.69, 9.17) is 16.6 Å². The molecule has 6 heteroatoms. The summed E-state index contributed by atoms with van der Waals surface area (Å²) in [6.07, 6.45) is 0. The van der Waals surface area contributed by atoms with E-state index in [0.717, 1.165) is 27.9 Å². The van der Waals surface area contributed by atoms with E-state index in [1.54, 1.807) is 6.07 Å². The number of fused-ring (bicyclic) bond motifs is 1. The Balaban J connectivity index is 1.51. The van der Waals surface area contributed by atoms with E-state index in [0.29, 0.717) is 22.6 Å². The number of benzene rings is 3. The van der Waals surface area contributed by atoms with Gasteiger partial charge in [-0.05, 0) is 81.4 Å². The molecule has 2 N–H and O–H groups in total. The fourth-order valence-electron chi connectivity index (χ4n) is 3.58. The molecule has 4 aromatic rings. The van der Waals surface area contributed by atoms with Gasteiger partial charge in [0.1, 0.15) is 5.52 Å². The lowest BCUT2D eigenvalue weighted by atomic mass is 10.1. The van der Waals surface area contributed by atoms with Crippen LogP contribution in [0.25, 0.3) is 22.6 Å². The predicted molar refractivity (Wildman–Crippen MR) is 129 cm³/mol. The number of rotatable bonds is 3. The number of hydrogen-bond donors (Lipinski definition) is 2. The molecule has 156 valence electrons. The molecule has 0 aliphatic rings. The lowest BCUT2D eigenvalue weighted by Gasteiger charge is -2.11. The van der Waals surface area contributed by atoms with Crippen molar-refractivity contribution >= 4 is 40.0 Å². The Morgan fingerprint density at radius 1 is 0.903 bits per heavy atom. The van der Waals surface area contributed by atoms with Crippen LogP contribution in [0.15, 0.2) is 59.0 Å². The maximum Gasteiger partial charge on any atom is 0.257 e. The van der Waals surface area contributed by atoms with Gasteiger partial charge in [-0.25, -0.2) is 4.98 Å². The third-order valence-electron chi connectivity index (χ3n) is 5.11. The Hall–Kier alpha value is -3.51. The first-order valence-corrected chi connectivity index (χ1v) is 10.4. The molecule has 31 heavy (non-hydrogen) atoms. The standard InChI is InChI=1S/C25H23N3O2S/c1-14-5-8-19(16(3)11-14)23(29)28-25(31)26-18-7-10-22-21(13-18)27-24(30-22)20-9-6-15(2)12-17(20)4/h5-13H,1-4H3,(H2,26,28,29,31). The van der Waals surface area contributed by atoms with Gasteiger partial charge in [-0.15, -0.1) is 0 Å². The molecule has 0 saturated carbocycles. The zero-order chi connectivity index (χ0) is 22.1. The third-order valence-corrected chi connectivity index (χ3v) is 5.32. The molecule has 0 unspecified atom stereocenters. The first-order valence-electron chi connectivity index (χ1n) is 9.98. The Labute approximate surface area is 186 Å². The number of aromatic nitrogens is 1. The summed E-state index contributed by atoms with van der Waals surface area (Å²) >= 11 is 5.33. The number of aryl methyl sites for hydroxylation is 4. The highest BCUT2D eigenvalue weighted by Gasteiger charge is 2.13. The average Bonchev–Trinajstić information content (AvgIpc) is 3.10. The molecule has 0 radical (unpaired) electrons. The lowest BCUT2D eigenvalue weighted by Crippen LogP contribution is -2.34. The van der Waals surface area contributed by atoms with Crippen molar-refractivity contribution in [3.05, 3.63) is 82.4 Å². The van der Waals surface area contributed by atoms with E-state index in [2.05, 4.69) is 28.6 Å². The molecule has 0 aliphatic carbocycles. The van der Waals surface area contributed by atoms with Gasteiger partial charge in [0.25, 0.3) is 5.91 Å². The van der Waals surface area contributed by atoms with Crippen LogP contribution in [-0.2, 0) is 0 Å². The maximum absolute atomic E-state index is 12.5. The lowest BCUT2D eigenvalue weighted by molar-refractivity contribution is 0.0977. The number of oxazole rings is 1. The van der Waals surface area contributed by atoms with Crippen molar-refractivity contribution in [2.45, 2.75) is 27.7 Å². The molecule has 1 heterocycles. The van der Waals surface area contributed by atoms with Crippen LogP contribution < -0.4 is 10.6 Å². The number of carbonyl (C=O) groups is 1. The van der Waals surface area contributed by atoms with Gasteiger partial charge in [-0.2, -0.15) is 0 Å². The van der Waals surface area contributed by atoms with Crippen molar-refractivity contribution in [3.8, 4) is 11.5 Å². The number of carbonyl (C=O) groups excluding carboxylic acids is 1. The molecule has 1 aromatic heterocycles. The minimum atomic E-state index is -0.241. The van der Waals surface area contributed by atoms with Gasteiger partial charge in [0, 0.05) is 16.8 Å². The number of hydrogen-bond acceptors (Lipinski definition) is 4. The summed E-state index contributed by atoms with van der Waals surface area (Å²) in [6, 6.07) is 17.4. The van der Waals surface area contributed by atoms with E-state index in [9.17, 15) is 4.79 Å². The van der Waals surface area contributed by atoms with Crippen molar-refractivity contribution < 1.29 is 9.21 Å². The molecular formula is C25H23N3O2S. The van der Waals surface area contributed by atoms with E-state index in [1.807, 2.05) is 63.2 Å².